The molecule has 31 heavy (non-hydrogen) atoms. The van der Waals surface area contributed by atoms with Gasteiger partial charge in [0.15, 0.2) is 0 Å². The third-order valence-electron chi connectivity index (χ3n) is 7.36. The summed E-state index contributed by atoms with van der Waals surface area (Å²) in [4.78, 5) is 23.8. The Morgan fingerprint density at radius 1 is 0.839 bits per heavy atom. The van der Waals surface area contributed by atoms with Gasteiger partial charge in [0.1, 0.15) is 6.10 Å². The monoisotopic (exact) mass is 446 g/mol. The van der Waals surface area contributed by atoms with Crippen LogP contribution >= 0.6 is 0 Å². The van der Waals surface area contributed by atoms with Gasteiger partial charge < -0.3 is 14.2 Å². The number of carbonyl (C=O) groups is 2. The first kappa shape index (κ1) is 29.7. The smallest absolute Gasteiger partial charge is 0.464 e. The lowest BCUT2D eigenvalue weighted by molar-refractivity contribution is -0.165. The Morgan fingerprint density at radius 3 is 1.71 bits per heavy atom. The van der Waals surface area contributed by atoms with Crippen LogP contribution in [0.4, 0.5) is 9.18 Å². The Bertz CT molecular complexity index is 580. The normalized spacial score (nSPS) is 16.1. The molecule has 184 valence electrons. The predicted molar refractivity (Wildman–Crippen MR) is 122 cm³/mol. The molecule has 0 saturated carbocycles. The van der Waals surface area contributed by atoms with Crippen LogP contribution in [0.1, 0.15) is 95.4 Å². The van der Waals surface area contributed by atoms with Gasteiger partial charge in [-0.1, -0.05) is 76.2 Å². The zero-order chi connectivity index (χ0) is 24.8. The van der Waals surface area contributed by atoms with Gasteiger partial charge in [0.25, 0.3) is 0 Å². The minimum atomic E-state index is -2.50. The van der Waals surface area contributed by atoms with Crippen LogP contribution in [0, 0.1) is 34.0 Å². The summed E-state index contributed by atoms with van der Waals surface area (Å²) < 4.78 is 28.5. The van der Waals surface area contributed by atoms with Crippen LogP contribution in [0.15, 0.2) is 0 Å². The first-order chi connectivity index (χ1) is 13.9. The summed E-state index contributed by atoms with van der Waals surface area (Å²) >= 11 is 0. The Balaban J connectivity index is 5.93. The van der Waals surface area contributed by atoms with Crippen molar-refractivity contribution in [2.24, 2.45) is 34.0 Å². The van der Waals surface area contributed by atoms with E-state index in [4.69, 9.17) is 4.74 Å². The fourth-order valence-corrected chi connectivity index (χ4v) is 4.11. The van der Waals surface area contributed by atoms with Gasteiger partial charge in [-0.05, 0) is 47.8 Å². The van der Waals surface area contributed by atoms with Crippen molar-refractivity contribution < 1.29 is 28.2 Å². The number of halogens is 1. The highest BCUT2D eigenvalue weighted by Crippen LogP contribution is 2.47. The lowest BCUT2D eigenvalue weighted by atomic mass is 9.63. The number of hydrogen-bond acceptors (Lipinski definition) is 5. The van der Waals surface area contributed by atoms with Gasteiger partial charge in [0.05, 0.1) is 7.11 Å². The van der Waals surface area contributed by atoms with E-state index in [1.165, 1.54) is 0 Å². The molecule has 0 radical (unpaired) electrons. The summed E-state index contributed by atoms with van der Waals surface area (Å²) in [6, 6.07) is 0. The van der Waals surface area contributed by atoms with E-state index in [1.54, 1.807) is 0 Å². The molecule has 0 aromatic rings. The molecule has 0 N–H and O–H groups in total. The van der Waals surface area contributed by atoms with Crippen molar-refractivity contribution >= 4 is 12.1 Å². The molecule has 3 atom stereocenters. The molecule has 0 aromatic heterocycles. The zero-order valence-corrected chi connectivity index (χ0v) is 21.9. The van der Waals surface area contributed by atoms with Crippen molar-refractivity contribution in [3.8, 4) is 0 Å². The highest BCUT2D eigenvalue weighted by molar-refractivity contribution is 5.75. The standard InChI is InChI=1S/C25H47FO5/c1-13-18(14-23(6,7)16(2)3)19(25(10,11)15-24(8,9)17(4)5)30-22(28)31-20(26)21(27)29-12/h16-20H,13-15H2,1-12H3. The fraction of sp³-hybridized carbons (Fsp3) is 0.920. The van der Waals surface area contributed by atoms with Crippen molar-refractivity contribution in [2.45, 2.75) is 108 Å². The maximum atomic E-state index is 13.8. The lowest BCUT2D eigenvalue weighted by Gasteiger charge is -2.46. The van der Waals surface area contributed by atoms with E-state index in [-0.39, 0.29) is 16.7 Å². The predicted octanol–water partition coefficient (Wildman–Crippen LogP) is 7.17. The third-order valence-corrected chi connectivity index (χ3v) is 7.36. The Morgan fingerprint density at radius 2 is 1.32 bits per heavy atom. The summed E-state index contributed by atoms with van der Waals surface area (Å²) in [7, 11) is 1.03. The van der Waals surface area contributed by atoms with E-state index in [2.05, 4.69) is 85.6 Å². The third kappa shape index (κ3) is 8.97. The number of carbonyl (C=O) groups excluding carboxylic acids is 2. The molecule has 0 aliphatic rings. The summed E-state index contributed by atoms with van der Waals surface area (Å²) in [6.45, 7) is 23.9. The minimum Gasteiger partial charge on any atom is -0.464 e. The first-order valence-electron chi connectivity index (χ1n) is 11.5. The minimum absolute atomic E-state index is 0.00944. The summed E-state index contributed by atoms with van der Waals surface area (Å²) in [5, 5.41) is 0. The number of methoxy groups -OCH3 is 1. The van der Waals surface area contributed by atoms with E-state index in [0.29, 0.717) is 11.8 Å². The van der Waals surface area contributed by atoms with E-state index < -0.39 is 30.0 Å². The molecule has 0 amide bonds. The molecule has 0 aliphatic carbocycles. The van der Waals surface area contributed by atoms with Crippen molar-refractivity contribution in [1.29, 1.82) is 0 Å². The van der Waals surface area contributed by atoms with Gasteiger partial charge in [0, 0.05) is 5.41 Å². The highest BCUT2D eigenvalue weighted by Gasteiger charge is 2.44. The fourth-order valence-electron chi connectivity index (χ4n) is 4.11. The van der Waals surface area contributed by atoms with Gasteiger partial charge in [-0.15, -0.1) is 0 Å². The molecule has 0 spiro atoms. The molecule has 3 unspecified atom stereocenters. The van der Waals surface area contributed by atoms with Crippen LogP contribution < -0.4 is 0 Å². The number of alkyl halides is 1. The Kier molecular flexibility index (Phi) is 11.0. The molecule has 0 bridgehead atoms. The number of esters is 1. The second kappa shape index (κ2) is 11.5. The van der Waals surface area contributed by atoms with Gasteiger partial charge >= 0.3 is 18.5 Å². The molecule has 0 fully saturated rings. The largest absolute Gasteiger partial charge is 0.511 e. The molecular weight excluding hydrogens is 399 g/mol. The van der Waals surface area contributed by atoms with E-state index in [9.17, 15) is 14.0 Å². The van der Waals surface area contributed by atoms with E-state index in [1.807, 2.05) is 0 Å². The molecule has 0 saturated heterocycles. The van der Waals surface area contributed by atoms with Crippen molar-refractivity contribution in [1.82, 2.24) is 0 Å². The van der Waals surface area contributed by atoms with Crippen molar-refractivity contribution in [3.05, 3.63) is 0 Å². The first-order valence-corrected chi connectivity index (χ1v) is 11.5. The highest BCUT2D eigenvalue weighted by atomic mass is 19.1. The van der Waals surface area contributed by atoms with Crippen LogP contribution in [-0.4, -0.2) is 31.7 Å². The Hall–Kier alpha value is -1.33. The molecule has 0 aromatic carbocycles. The summed E-state index contributed by atoms with van der Waals surface area (Å²) in [6.07, 6.45) is -1.72. The second-order valence-corrected chi connectivity index (χ2v) is 11.6. The molecule has 6 heteroatoms. The number of rotatable bonds is 12. The molecule has 0 heterocycles. The topological polar surface area (TPSA) is 61.8 Å². The van der Waals surface area contributed by atoms with E-state index in [0.717, 1.165) is 26.4 Å². The van der Waals surface area contributed by atoms with Gasteiger partial charge in [0.2, 0.25) is 0 Å². The van der Waals surface area contributed by atoms with Gasteiger partial charge in [-0.3, -0.25) is 0 Å². The van der Waals surface area contributed by atoms with Crippen LogP contribution in [0.2, 0.25) is 0 Å². The quantitative estimate of drug-likeness (QED) is 0.297. The summed E-state index contributed by atoms with van der Waals surface area (Å²) in [5.74, 6) is -0.333. The Labute approximate surface area is 189 Å². The maximum Gasteiger partial charge on any atom is 0.511 e. The number of hydrogen-bond donors (Lipinski definition) is 0. The van der Waals surface area contributed by atoms with Crippen LogP contribution in [-0.2, 0) is 19.0 Å². The van der Waals surface area contributed by atoms with Crippen molar-refractivity contribution in [2.75, 3.05) is 7.11 Å². The van der Waals surface area contributed by atoms with E-state index >= 15 is 0 Å². The molecule has 5 nitrogen and oxygen atoms in total. The maximum absolute atomic E-state index is 13.8. The molecule has 0 rings (SSSR count). The SMILES string of the molecule is CCC(CC(C)(C)C(C)C)C(OC(=O)OC(F)C(=O)OC)C(C)(C)CC(C)(C)C(C)C. The molecule has 0 aliphatic heterocycles. The van der Waals surface area contributed by atoms with Crippen LogP contribution in [0.3, 0.4) is 0 Å². The van der Waals surface area contributed by atoms with Crippen LogP contribution in [0.25, 0.3) is 0 Å². The van der Waals surface area contributed by atoms with Gasteiger partial charge in [-0.2, -0.15) is 4.39 Å². The lowest BCUT2D eigenvalue weighted by Crippen LogP contribution is -2.45. The number of ether oxygens (including phenoxy) is 3. The molecular formula is C25H47FO5. The zero-order valence-electron chi connectivity index (χ0n) is 21.9. The van der Waals surface area contributed by atoms with Crippen molar-refractivity contribution in [3.63, 3.8) is 0 Å². The second-order valence-electron chi connectivity index (χ2n) is 11.6. The summed E-state index contributed by atoms with van der Waals surface area (Å²) in [5.41, 5.74) is -0.350. The van der Waals surface area contributed by atoms with Crippen LogP contribution in [0.5, 0.6) is 0 Å². The average molecular weight is 447 g/mol. The van der Waals surface area contributed by atoms with Gasteiger partial charge in [-0.25, -0.2) is 9.59 Å². The average Bonchev–Trinajstić information content (AvgIpc) is 2.62.